The number of hydrogen-bond acceptors (Lipinski definition) is 5. The third kappa shape index (κ3) is 5.01. The minimum absolute atomic E-state index is 0.127. The number of anilines is 1. The molecule has 1 fully saturated rings. The van der Waals surface area contributed by atoms with Gasteiger partial charge < -0.3 is 19.7 Å². The normalized spacial score (nSPS) is 14.0. The minimum Gasteiger partial charge on any atom is -0.493 e. The molecule has 0 aromatic heterocycles. The van der Waals surface area contributed by atoms with Crippen molar-refractivity contribution in [3.63, 3.8) is 0 Å². The summed E-state index contributed by atoms with van der Waals surface area (Å²) in [5.41, 5.74) is 2.91. The molecule has 1 aliphatic rings. The highest BCUT2D eigenvalue weighted by Gasteiger charge is 2.15. The van der Waals surface area contributed by atoms with Gasteiger partial charge in [0.25, 0.3) is 5.91 Å². The number of nitrogens with zero attached hydrogens (tertiary/aromatic N) is 1. The Morgan fingerprint density at radius 2 is 1.74 bits per heavy atom. The Morgan fingerprint density at radius 1 is 1.11 bits per heavy atom. The summed E-state index contributed by atoms with van der Waals surface area (Å²) in [6.45, 7) is 2.68. The van der Waals surface area contributed by atoms with Crippen LogP contribution in [0.25, 0.3) is 0 Å². The highest BCUT2D eigenvalue weighted by molar-refractivity contribution is 14.1. The highest BCUT2D eigenvalue weighted by atomic mass is 127. The molecule has 2 aromatic rings. The Morgan fingerprint density at radius 3 is 2.37 bits per heavy atom. The Hall–Kier alpha value is -1.61. The molecular weight excluding hydrogens is 475 g/mol. The van der Waals surface area contributed by atoms with E-state index in [1.165, 1.54) is 17.2 Å². The molecule has 2 aromatic carbocycles. The van der Waals surface area contributed by atoms with Crippen molar-refractivity contribution in [2.75, 3.05) is 43.7 Å². The number of thioether (sulfide) groups is 1. The predicted octanol–water partition coefficient (Wildman–Crippen LogP) is 3.79. The molecule has 1 aliphatic heterocycles. The third-order valence-electron chi connectivity index (χ3n) is 4.48. The molecule has 0 unspecified atom stereocenters. The smallest absolute Gasteiger partial charge is 0.252 e. The number of carbonyl (C=O) groups excluding carboxylic acids is 1. The minimum atomic E-state index is -0.127. The zero-order valence-corrected chi connectivity index (χ0v) is 18.4. The van der Waals surface area contributed by atoms with Crippen LogP contribution in [0.5, 0.6) is 11.5 Å². The van der Waals surface area contributed by atoms with Crippen LogP contribution in [0.15, 0.2) is 36.4 Å². The number of hydrogen-bond donors (Lipinski definition) is 1. The lowest BCUT2D eigenvalue weighted by Gasteiger charge is -2.28. The lowest BCUT2D eigenvalue weighted by Crippen LogP contribution is -2.32. The summed E-state index contributed by atoms with van der Waals surface area (Å²) >= 11 is 4.14. The van der Waals surface area contributed by atoms with Crippen molar-refractivity contribution >= 4 is 45.9 Å². The summed E-state index contributed by atoms with van der Waals surface area (Å²) < 4.78 is 11.4. The largest absolute Gasteiger partial charge is 0.493 e. The first-order chi connectivity index (χ1) is 13.1. The number of rotatable bonds is 6. The van der Waals surface area contributed by atoms with Gasteiger partial charge in [0, 0.05) is 40.4 Å². The zero-order valence-electron chi connectivity index (χ0n) is 15.5. The summed E-state index contributed by atoms with van der Waals surface area (Å²) in [6.07, 6.45) is 0. The average molecular weight is 498 g/mol. The van der Waals surface area contributed by atoms with E-state index in [9.17, 15) is 4.79 Å². The number of carbonyl (C=O) groups is 1. The summed E-state index contributed by atoms with van der Waals surface area (Å²) in [5, 5.41) is 2.99. The topological polar surface area (TPSA) is 50.8 Å². The average Bonchev–Trinajstić information content (AvgIpc) is 2.72. The molecule has 0 aliphatic carbocycles. The molecule has 1 N–H and O–H groups in total. The third-order valence-corrected chi connectivity index (χ3v) is 6.32. The first-order valence-electron chi connectivity index (χ1n) is 8.73. The number of nitrogens with one attached hydrogen (secondary N) is 1. The van der Waals surface area contributed by atoms with Crippen LogP contribution in [0, 0.1) is 3.57 Å². The first-order valence-corrected chi connectivity index (χ1v) is 11.0. The van der Waals surface area contributed by atoms with Crippen molar-refractivity contribution < 1.29 is 14.3 Å². The number of halogens is 1. The van der Waals surface area contributed by atoms with Crippen molar-refractivity contribution in [2.24, 2.45) is 0 Å². The highest BCUT2D eigenvalue weighted by Crippen LogP contribution is 2.31. The van der Waals surface area contributed by atoms with Crippen LogP contribution in [0.3, 0.4) is 0 Å². The van der Waals surface area contributed by atoms with Crippen LogP contribution in [-0.4, -0.2) is 44.7 Å². The van der Waals surface area contributed by atoms with E-state index in [1.54, 1.807) is 26.4 Å². The van der Waals surface area contributed by atoms with E-state index in [4.69, 9.17) is 9.47 Å². The van der Waals surface area contributed by atoms with Crippen molar-refractivity contribution in [3.8, 4) is 11.5 Å². The van der Waals surface area contributed by atoms with Crippen molar-refractivity contribution in [1.82, 2.24) is 5.32 Å². The Kier molecular flexibility index (Phi) is 7.12. The second-order valence-corrected chi connectivity index (χ2v) is 8.52. The summed E-state index contributed by atoms with van der Waals surface area (Å²) in [7, 11) is 3.15. The summed E-state index contributed by atoms with van der Waals surface area (Å²) in [4.78, 5) is 15.0. The summed E-state index contributed by atoms with van der Waals surface area (Å²) in [5.74, 6) is 3.40. The number of methoxy groups -OCH3 is 2. The van der Waals surface area contributed by atoms with Gasteiger partial charge in [-0.1, -0.05) is 12.1 Å². The van der Waals surface area contributed by atoms with E-state index < -0.39 is 0 Å². The van der Waals surface area contributed by atoms with E-state index in [0.717, 1.165) is 22.2 Å². The second kappa shape index (κ2) is 9.54. The molecule has 0 spiro atoms. The van der Waals surface area contributed by atoms with Gasteiger partial charge in [-0.15, -0.1) is 0 Å². The molecule has 144 valence electrons. The molecule has 0 bridgehead atoms. The molecule has 0 radical (unpaired) electrons. The van der Waals surface area contributed by atoms with Gasteiger partial charge in [0.15, 0.2) is 11.5 Å². The molecule has 1 heterocycles. The van der Waals surface area contributed by atoms with E-state index in [2.05, 4.69) is 57.1 Å². The van der Waals surface area contributed by atoms with Crippen LogP contribution in [0.2, 0.25) is 0 Å². The van der Waals surface area contributed by atoms with Crippen LogP contribution in [0.4, 0.5) is 5.69 Å². The van der Waals surface area contributed by atoms with Gasteiger partial charge in [0.2, 0.25) is 0 Å². The molecule has 5 nitrogen and oxygen atoms in total. The Labute approximate surface area is 177 Å². The molecule has 27 heavy (non-hydrogen) atoms. The summed E-state index contributed by atoms with van der Waals surface area (Å²) in [6, 6.07) is 12.0. The lowest BCUT2D eigenvalue weighted by atomic mass is 10.1. The number of amides is 1. The molecule has 0 atom stereocenters. The molecular formula is C20H23IN2O3S. The maximum absolute atomic E-state index is 12.6. The van der Waals surface area contributed by atoms with Gasteiger partial charge in [-0.05, 0) is 52.4 Å². The molecule has 1 saturated heterocycles. The maximum atomic E-state index is 12.6. The fourth-order valence-electron chi connectivity index (χ4n) is 2.95. The number of benzene rings is 2. The van der Waals surface area contributed by atoms with E-state index in [0.29, 0.717) is 23.6 Å². The molecule has 3 rings (SSSR count). The van der Waals surface area contributed by atoms with Gasteiger partial charge in [-0.3, -0.25) is 4.79 Å². The van der Waals surface area contributed by atoms with E-state index in [1.807, 2.05) is 11.8 Å². The number of ether oxygens (including phenoxy) is 2. The van der Waals surface area contributed by atoms with E-state index in [-0.39, 0.29) is 5.91 Å². The first kappa shape index (κ1) is 20.1. The lowest BCUT2D eigenvalue weighted by molar-refractivity contribution is 0.0949. The fourth-order valence-corrected chi connectivity index (χ4v) is 4.54. The van der Waals surface area contributed by atoms with Crippen molar-refractivity contribution in [1.29, 1.82) is 0 Å². The fraction of sp³-hybridized carbons (Fsp3) is 0.350. The van der Waals surface area contributed by atoms with Gasteiger partial charge in [0.05, 0.1) is 19.8 Å². The van der Waals surface area contributed by atoms with Gasteiger partial charge in [0.1, 0.15) is 0 Å². The van der Waals surface area contributed by atoms with Crippen molar-refractivity contribution in [2.45, 2.75) is 6.54 Å². The Balaban J connectivity index is 1.63. The standard InChI is InChI=1S/C20H23IN2O3S/c1-25-18-11-16(17(21)12-19(18)26-2)20(24)22-13-14-3-5-15(6-4-14)23-7-9-27-10-8-23/h3-6,11-12H,7-10,13H2,1-2H3,(H,22,24). The van der Waals surface area contributed by atoms with Crippen LogP contribution >= 0.6 is 34.4 Å². The van der Waals surface area contributed by atoms with Crippen LogP contribution < -0.4 is 19.7 Å². The van der Waals surface area contributed by atoms with Gasteiger partial charge in [-0.2, -0.15) is 11.8 Å². The second-order valence-electron chi connectivity index (χ2n) is 6.14. The predicted molar refractivity (Wildman–Crippen MR) is 119 cm³/mol. The maximum Gasteiger partial charge on any atom is 0.252 e. The van der Waals surface area contributed by atoms with E-state index >= 15 is 0 Å². The van der Waals surface area contributed by atoms with Gasteiger partial charge in [-0.25, -0.2) is 0 Å². The van der Waals surface area contributed by atoms with Crippen LogP contribution in [0.1, 0.15) is 15.9 Å². The zero-order chi connectivity index (χ0) is 19.2. The SMILES string of the molecule is COc1cc(I)c(C(=O)NCc2ccc(N3CCSCC3)cc2)cc1OC. The molecule has 0 saturated carbocycles. The quantitative estimate of drug-likeness (QED) is 0.615. The van der Waals surface area contributed by atoms with Crippen molar-refractivity contribution in [3.05, 3.63) is 51.1 Å². The molecule has 1 amide bonds. The molecule has 7 heteroatoms. The Bertz CT molecular complexity index is 793. The van der Waals surface area contributed by atoms with Crippen LogP contribution in [-0.2, 0) is 6.54 Å². The monoisotopic (exact) mass is 498 g/mol. The van der Waals surface area contributed by atoms with Gasteiger partial charge >= 0.3 is 0 Å².